The van der Waals surface area contributed by atoms with E-state index in [2.05, 4.69) is 24.5 Å². The van der Waals surface area contributed by atoms with Gasteiger partial charge in [-0.15, -0.1) is 0 Å². The summed E-state index contributed by atoms with van der Waals surface area (Å²) in [6.45, 7) is 13.1. The van der Waals surface area contributed by atoms with Gasteiger partial charge in [-0.3, -0.25) is 4.90 Å². The van der Waals surface area contributed by atoms with Crippen LogP contribution < -0.4 is 0 Å². The average molecular weight is 398 g/mol. The number of piperidine rings is 1. The minimum atomic E-state index is -0.455. The van der Waals surface area contributed by atoms with Crippen LogP contribution in [-0.2, 0) is 0 Å². The Morgan fingerprint density at radius 1 is 1.07 bits per heavy atom. The van der Waals surface area contributed by atoms with Gasteiger partial charge in [0.25, 0.3) is 0 Å². The Labute approximate surface area is 178 Å². The second-order valence-corrected chi connectivity index (χ2v) is 11.9. The van der Waals surface area contributed by atoms with Crippen molar-refractivity contribution in [1.82, 2.24) is 4.90 Å². The van der Waals surface area contributed by atoms with Crippen LogP contribution in [0, 0.1) is 35.0 Å². The van der Waals surface area contributed by atoms with Crippen LogP contribution in [0.1, 0.15) is 84.5 Å². The molecule has 0 amide bonds. The second-order valence-electron chi connectivity index (χ2n) is 11.9. The largest absolute Gasteiger partial charge is 0.390 e. The number of aliphatic hydroxyl groups is 1. The first-order chi connectivity index (χ1) is 13.9. The predicted molar refractivity (Wildman–Crippen MR) is 121 cm³/mol. The molecule has 4 fully saturated rings. The molecule has 5 rings (SSSR count). The van der Waals surface area contributed by atoms with Gasteiger partial charge in [-0.1, -0.05) is 37.1 Å². The molecule has 0 bridgehead atoms. The Kier molecular flexibility index (Phi) is 5.27. The summed E-state index contributed by atoms with van der Waals surface area (Å²) < 4.78 is 0. The van der Waals surface area contributed by atoms with Crippen LogP contribution in [0.15, 0.2) is 23.8 Å². The van der Waals surface area contributed by atoms with Crippen molar-refractivity contribution in [3.63, 3.8) is 0 Å². The molecule has 2 nitrogen and oxygen atoms in total. The zero-order chi connectivity index (χ0) is 20.2. The lowest BCUT2D eigenvalue weighted by molar-refractivity contribution is -0.0295. The number of allylic oxidation sites excluding steroid dienone is 1. The van der Waals surface area contributed by atoms with E-state index in [1.54, 1.807) is 11.1 Å². The minimum Gasteiger partial charge on any atom is -0.390 e. The molecule has 1 saturated heterocycles. The maximum Gasteiger partial charge on any atom is 0.0657 e. The summed E-state index contributed by atoms with van der Waals surface area (Å²) in [6, 6.07) is 0. The summed E-state index contributed by atoms with van der Waals surface area (Å²) in [5.74, 6) is 4.18. The summed E-state index contributed by atoms with van der Waals surface area (Å²) in [7, 11) is 0. The van der Waals surface area contributed by atoms with Gasteiger partial charge >= 0.3 is 0 Å². The van der Waals surface area contributed by atoms with Gasteiger partial charge in [-0.2, -0.15) is 0 Å². The molecule has 29 heavy (non-hydrogen) atoms. The fraction of sp³-hybridized carbons (Fsp3) is 0.852. The van der Waals surface area contributed by atoms with E-state index in [4.69, 9.17) is 0 Å². The number of hydrogen-bond acceptors (Lipinski definition) is 2. The van der Waals surface area contributed by atoms with Gasteiger partial charge in [0.1, 0.15) is 0 Å². The lowest BCUT2D eigenvalue weighted by Crippen LogP contribution is -2.47. The molecular weight excluding hydrogens is 354 g/mol. The highest BCUT2D eigenvalue weighted by molar-refractivity contribution is 5.23. The van der Waals surface area contributed by atoms with Crippen LogP contribution in [0.5, 0.6) is 0 Å². The Morgan fingerprint density at radius 3 is 2.66 bits per heavy atom. The lowest BCUT2D eigenvalue weighted by atomic mass is 9.51. The molecule has 162 valence electrons. The smallest absolute Gasteiger partial charge is 0.0657 e. The minimum absolute atomic E-state index is 0.455. The van der Waals surface area contributed by atoms with Crippen molar-refractivity contribution in [3.05, 3.63) is 23.8 Å². The van der Waals surface area contributed by atoms with Gasteiger partial charge in [0.05, 0.1) is 5.60 Å². The maximum atomic E-state index is 10.6. The Balaban J connectivity index is 1.30. The van der Waals surface area contributed by atoms with E-state index in [1.807, 2.05) is 6.92 Å². The highest BCUT2D eigenvalue weighted by atomic mass is 16.3. The van der Waals surface area contributed by atoms with Gasteiger partial charge in [-0.05, 0) is 119 Å². The highest BCUT2D eigenvalue weighted by Gasteiger charge is 2.56. The normalized spacial score (nSPS) is 47.7. The third-order valence-electron chi connectivity index (χ3n) is 10.1. The summed E-state index contributed by atoms with van der Waals surface area (Å²) in [5, 5.41) is 10.6. The molecule has 7 atom stereocenters. The van der Waals surface area contributed by atoms with E-state index < -0.39 is 5.60 Å². The number of hydrogen-bond donors (Lipinski definition) is 1. The number of nitrogens with zero attached hydrogens (tertiary/aromatic N) is 1. The molecule has 0 unspecified atom stereocenters. The second kappa shape index (κ2) is 7.52. The highest BCUT2D eigenvalue weighted by Crippen LogP contribution is 2.64. The summed E-state index contributed by atoms with van der Waals surface area (Å²) in [6.07, 6.45) is 16.8. The van der Waals surface area contributed by atoms with E-state index in [-0.39, 0.29) is 0 Å². The molecule has 0 radical (unpaired) electrons. The Hall–Kier alpha value is -0.600. The van der Waals surface area contributed by atoms with Crippen molar-refractivity contribution >= 4 is 0 Å². The van der Waals surface area contributed by atoms with Gasteiger partial charge < -0.3 is 5.11 Å². The van der Waals surface area contributed by atoms with E-state index in [0.717, 1.165) is 49.0 Å². The molecule has 2 heteroatoms. The van der Waals surface area contributed by atoms with Crippen molar-refractivity contribution in [2.45, 2.75) is 90.1 Å². The van der Waals surface area contributed by atoms with Crippen molar-refractivity contribution < 1.29 is 5.11 Å². The SMILES string of the molecule is C=C(CN1CCCCC1)[C@H]1CC[C@H]2[C@@H]3CC=C4C[C@](C)(O)CC[C@@H]4[C@H]3CC[C@]12C. The first-order valence-corrected chi connectivity index (χ1v) is 12.7. The summed E-state index contributed by atoms with van der Waals surface area (Å²) >= 11 is 0. The van der Waals surface area contributed by atoms with E-state index in [1.165, 1.54) is 70.9 Å². The lowest BCUT2D eigenvalue weighted by Gasteiger charge is -2.54. The van der Waals surface area contributed by atoms with Gasteiger partial charge in [-0.25, -0.2) is 0 Å². The first-order valence-electron chi connectivity index (χ1n) is 12.7. The zero-order valence-electron chi connectivity index (χ0n) is 19.0. The molecule has 1 heterocycles. The van der Waals surface area contributed by atoms with Crippen LogP contribution in [-0.4, -0.2) is 35.2 Å². The third-order valence-corrected chi connectivity index (χ3v) is 10.1. The van der Waals surface area contributed by atoms with Crippen LogP contribution >= 0.6 is 0 Å². The Bertz CT molecular complexity index is 672. The molecule has 3 saturated carbocycles. The number of likely N-dealkylation sites (tertiary alicyclic amines) is 1. The fourth-order valence-electron chi connectivity index (χ4n) is 8.65. The van der Waals surface area contributed by atoms with E-state index >= 15 is 0 Å². The Morgan fingerprint density at radius 2 is 1.86 bits per heavy atom. The van der Waals surface area contributed by atoms with E-state index in [9.17, 15) is 5.11 Å². The van der Waals surface area contributed by atoms with Crippen molar-refractivity contribution in [3.8, 4) is 0 Å². The van der Waals surface area contributed by atoms with Crippen LogP contribution in [0.3, 0.4) is 0 Å². The first kappa shape index (κ1) is 20.3. The molecule has 0 aromatic heterocycles. The predicted octanol–water partition coefficient (Wildman–Crippen LogP) is 5.97. The van der Waals surface area contributed by atoms with Crippen LogP contribution in [0.25, 0.3) is 0 Å². The van der Waals surface area contributed by atoms with Crippen molar-refractivity contribution in [2.24, 2.45) is 35.0 Å². The summed E-state index contributed by atoms with van der Waals surface area (Å²) in [5.41, 5.74) is 3.19. The molecule has 1 aliphatic heterocycles. The van der Waals surface area contributed by atoms with E-state index in [0.29, 0.717) is 5.41 Å². The third kappa shape index (κ3) is 3.57. The zero-order valence-corrected chi connectivity index (χ0v) is 19.0. The molecule has 5 aliphatic rings. The van der Waals surface area contributed by atoms with Crippen LogP contribution in [0.2, 0.25) is 0 Å². The van der Waals surface area contributed by atoms with Crippen molar-refractivity contribution in [1.29, 1.82) is 0 Å². The van der Waals surface area contributed by atoms with Crippen LogP contribution in [0.4, 0.5) is 0 Å². The topological polar surface area (TPSA) is 23.5 Å². The molecule has 4 aliphatic carbocycles. The standard InChI is InChI=1S/C27H43NO/c1-19(18-28-15-5-4-6-16-28)24-9-10-25-23-8-7-20-17-26(2,29)13-11-21(20)22(23)12-14-27(24,25)3/h7,21-25,29H,1,4-6,8-18H2,2-3H3/t21-,22+,23+,24+,25-,26+,27+/m0/s1. The molecular formula is C27H43NO. The van der Waals surface area contributed by atoms with Gasteiger partial charge in [0.15, 0.2) is 0 Å². The molecule has 0 aromatic carbocycles. The molecule has 0 spiro atoms. The summed E-state index contributed by atoms with van der Waals surface area (Å²) in [4.78, 5) is 2.68. The monoisotopic (exact) mass is 397 g/mol. The molecule has 1 N–H and O–H groups in total. The quantitative estimate of drug-likeness (QED) is 0.593. The van der Waals surface area contributed by atoms with Gasteiger partial charge in [0, 0.05) is 6.54 Å². The fourth-order valence-corrected chi connectivity index (χ4v) is 8.65. The number of rotatable bonds is 3. The van der Waals surface area contributed by atoms with Gasteiger partial charge in [0.2, 0.25) is 0 Å². The molecule has 0 aromatic rings. The number of fused-ring (bicyclic) bond motifs is 5. The maximum absolute atomic E-state index is 10.6. The van der Waals surface area contributed by atoms with Crippen molar-refractivity contribution in [2.75, 3.05) is 19.6 Å². The average Bonchev–Trinajstić information content (AvgIpc) is 3.05.